The number of para-hydroxylation sites is 1. The molecule has 0 aliphatic carbocycles. The maximum Gasteiger partial charge on any atom is 0.341 e. The van der Waals surface area contributed by atoms with Crippen molar-refractivity contribution in [3.05, 3.63) is 64.1 Å². The minimum atomic E-state index is -0.360. The monoisotopic (exact) mass is 426 g/mol. The standard InChI is InChI=1S/C21H22N4O2S2/c1-3-15(18-10-7-11-28-18)22-13-17-14(20(26)27-4-2)12-23-25(17)21-24-16-8-5-6-9-19(16)29-21/h5-12,15,22H,3-4,13H2,1-2H3/t15-/m1/s1. The average molecular weight is 427 g/mol. The van der Waals surface area contributed by atoms with Crippen molar-refractivity contribution in [3.63, 3.8) is 0 Å². The smallest absolute Gasteiger partial charge is 0.341 e. The van der Waals surface area contributed by atoms with Gasteiger partial charge in [-0.2, -0.15) is 5.10 Å². The van der Waals surface area contributed by atoms with E-state index in [0.29, 0.717) is 18.7 Å². The van der Waals surface area contributed by atoms with Crippen LogP contribution in [0.1, 0.15) is 47.2 Å². The molecule has 1 atom stereocenters. The van der Waals surface area contributed by atoms with Gasteiger partial charge < -0.3 is 10.1 Å². The van der Waals surface area contributed by atoms with Gasteiger partial charge in [0.25, 0.3) is 0 Å². The van der Waals surface area contributed by atoms with E-state index in [0.717, 1.165) is 27.5 Å². The summed E-state index contributed by atoms with van der Waals surface area (Å²) >= 11 is 3.28. The first-order valence-corrected chi connectivity index (χ1v) is 11.3. The molecule has 0 fully saturated rings. The Morgan fingerprint density at radius 1 is 1.24 bits per heavy atom. The summed E-state index contributed by atoms with van der Waals surface area (Å²) in [6.45, 7) is 4.76. The molecule has 0 bridgehead atoms. The summed E-state index contributed by atoms with van der Waals surface area (Å²) in [5.41, 5.74) is 2.15. The number of nitrogens with zero attached hydrogens (tertiary/aromatic N) is 3. The van der Waals surface area contributed by atoms with E-state index in [1.807, 2.05) is 24.3 Å². The summed E-state index contributed by atoms with van der Waals surface area (Å²) in [6.07, 6.45) is 2.53. The molecule has 0 unspecified atom stereocenters. The van der Waals surface area contributed by atoms with Crippen molar-refractivity contribution in [1.82, 2.24) is 20.1 Å². The van der Waals surface area contributed by atoms with E-state index in [9.17, 15) is 4.79 Å². The second-order valence-electron chi connectivity index (χ2n) is 6.46. The highest BCUT2D eigenvalue weighted by Crippen LogP contribution is 2.27. The van der Waals surface area contributed by atoms with Crippen molar-refractivity contribution in [3.8, 4) is 5.13 Å². The van der Waals surface area contributed by atoms with Crippen LogP contribution in [0.4, 0.5) is 0 Å². The summed E-state index contributed by atoms with van der Waals surface area (Å²) in [5.74, 6) is -0.360. The maximum atomic E-state index is 12.5. The highest BCUT2D eigenvalue weighted by molar-refractivity contribution is 7.20. The van der Waals surface area contributed by atoms with Crippen LogP contribution in [-0.2, 0) is 11.3 Å². The molecule has 1 aromatic carbocycles. The van der Waals surface area contributed by atoms with Gasteiger partial charge in [-0.05, 0) is 36.9 Å². The Labute approximate surface area is 177 Å². The molecule has 150 valence electrons. The number of ether oxygens (including phenoxy) is 1. The maximum absolute atomic E-state index is 12.5. The number of aromatic nitrogens is 3. The Morgan fingerprint density at radius 2 is 2.10 bits per heavy atom. The number of carbonyl (C=O) groups is 1. The highest BCUT2D eigenvalue weighted by atomic mass is 32.1. The lowest BCUT2D eigenvalue weighted by Gasteiger charge is -2.16. The molecule has 0 aliphatic heterocycles. The molecular formula is C21H22N4O2S2. The number of rotatable bonds is 8. The molecule has 0 spiro atoms. The summed E-state index contributed by atoms with van der Waals surface area (Å²) in [4.78, 5) is 18.5. The van der Waals surface area contributed by atoms with Crippen molar-refractivity contribution in [1.29, 1.82) is 0 Å². The second-order valence-corrected chi connectivity index (χ2v) is 8.45. The number of esters is 1. The summed E-state index contributed by atoms with van der Waals surface area (Å²) in [6, 6.07) is 12.4. The van der Waals surface area contributed by atoms with Crippen molar-refractivity contribution in [2.75, 3.05) is 6.61 Å². The van der Waals surface area contributed by atoms with Gasteiger partial charge in [-0.1, -0.05) is 36.5 Å². The van der Waals surface area contributed by atoms with Crippen molar-refractivity contribution < 1.29 is 9.53 Å². The van der Waals surface area contributed by atoms with E-state index in [1.54, 1.807) is 40.5 Å². The molecule has 0 aliphatic rings. The lowest BCUT2D eigenvalue weighted by molar-refractivity contribution is 0.0524. The predicted molar refractivity (Wildman–Crippen MR) is 117 cm³/mol. The van der Waals surface area contributed by atoms with Crippen LogP contribution < -0.4 is 5.32 Å². The van der Waals surface area contributed by atoms with Gasteiger partial charge in [-0.25, -0.2) is 14.5 Å². The molecule has 0 amide bonds. The third kappa shape index (κ3) is 4.10. The lowest BCUT2D eigenvalue weighted by atomic mass is 10.1. The minimum absolute atomic E-state index is 0.212. The van der Waals surface area contributed by atoms with Crippen LogP contribution in [0.3, 0.4) is 0 Å². The van der Waals surface area contributed by atoms with Crippen LogP contribution >= 0.6 is 22.7 Å². The van der Waals surface area contributed by atoms with Gasteiger partial charge in [-0.3, -0.25) is 0 Å². The predicted octanol–water partition coefficient (Wildman–Crippen LogP) is 4.96. The minimum Gasteiger partial charge on any atom is -0.462 e. The Hall–Kier alpha value is -2.55. The Kier molecular flexibility index (Phi) is 6.03. The molecule has 3 heterocycles. The Bertz CT molecular complexity index is 1070. The van der Waals surface area contributed by atoms with Crippen LogP contribution in [0, 0.1) is 0 Å². The van der Waals surface area contributed by atoms with E-state index < -0.39 is 0 Å². The summed E-state index contributed by atoms with van der Waals surface area (Å²) < 4.78 is 8.09. The second kappa shape index (κ2) is 8.86. The highest BCUT2D eigenvalue weighted by Gasteiger charge is 2.22. The zero-order chi connectivity index (χ0) is 20.2. The molecule has 1 N–H and O–H groups in total. The van der Waals surface area contributed by atoms with E-state index in [-0.39, 0.29) is 12.0 Å². The zero-order valence-corrected chi connectivity index (χ0v) is 17.9. The molecule has 6 nitrogen and oxygen atoms in total. The molecule has 4 rings (SSSR count). The topological polar surface area (TPSA) is 69.0 Å². The average Bonchev–Trinajstić information content (AvgIpc) is 3.47. The van der Waals surface area contributed by atoms with Crippen molar-refractivity contribution in [2.24, 2.45) is 0 Å². The molecular weight excluding hydrogens is 404 g/mol. The van der Waals surface area contributed by atoms with E-state index >= 15 is 0 Å². The van der Waals surface area contributed by atoms with E-state index in [2.05, 4.69) is 34.9 Å². The number of nitrogens with one attached hydrogen (secondary N) is 1. The Morgan fingerprint density at radius 3 is 2.83 bits per heavy atom. The number of hydrogen-bond donors (Lipinski definition) is 1. The van der Waals surface area contributed by atoms with Crippen molar-refractivity contribution in [2.45, 2.75) is 32.9 Å². The number of carbonyl (C=O) groups excluding carboxylic acids is 1. The fraction of sp³-hybridized carbons (Fsp3) is 0.286. The van der Waals surface area contributed by atoms with Crippen molar-refractivity contribution >= 4 is 38.9 Å². The Balaban J connectivity index is 1.69. The van der Waals surface area contributed by atoms with Crippen LogP contribution in [0.15, 0.2) is 48.0 Å². The summed E-state index contributed by atoms with van der Waals surface area (Å²) in [5, 5.41) is 10.9. The van der Waals surface area contributed by atoms with Crippen LogP contribution in [0.2, 0.25) is 0 Å². The molecule has 8 heteroatoms. The van der Waals surface area contributed by atoms with Gasteiger partial charge in [-0.15, -0.1) is 11.3 Å². The molecule has 0 saturated carbocycles. The van der Waals surface area contributed by atoms with Gasteiger partial charge in [0.05, 0.1) is 28.7 Å². The normalized spacial score (nSPS) is 12.3. The molecule has 29 heavy (non-hydrogen) atoms. The van der Waals surface area contributed by atoms with Gasteiger partial charge in [0.1, 0.15) is 5.56 Å². The fourth-order valence-corrected chi connectivity index (χ4v) is 5.03. The largest absolute Gasteiger partial charge is 0.462 e. The lowest BCUT2D eigenvalue weighted by Crippen LogP contribution is -2.23. The van der Waals surface area contributed by atoms with E-state index in [4.69, 9.17) is 9.72 Å². The molecule has 0 radical (unpaired) electrons. The zero-order valence-electron chi connectivity index (χ0n) is 16.3. The summed E-state index contributed by atoms with van der Waals surface area (Å²) in [7, 11) is 0. The van der Waals surface area contributed by atoms with Crippen LogP contribution in [0.5, 0.6) is 0 Å². The first-order chi connectivity index (χ1) is 14.2. The van der Waals surface area contributed by atoms with Gasteiger partial charge >= 0.3 is 5.97 Å². The molecule has 4 aromatic rings. The first kappa shape index (κ1) is 19.8. The number of thiophene rings is 1. The molecule has 0 saturated heterocycles. The molecule has 3 aromatic heterocycles. The number of fused-ring (bicyclic) bond motifs is 1. The third-order valence-electron chi connectivity index (χ3n) is 4.64. The van der Waals surface area contributed by atoms with Gasteiger partial charge in [0.2, 0.25) is 5.13 Å². The van der Waals surface area contributed by atoms with E-state index in [1.165, 1.54) is 4.88 Å². The fourth-order valence-electron chi connectivity index (χ4n) is 3.19. The van der Waals surface area contributed by atoms with Crippen LogP contribution in [-0.4, -0.2) is 27.3 Å². The number of benzene rings is 1. The first-order valence-electron chi connectivity index (χ1n) is 9.58. The number of hydrogen-bond acceptors (Lipinski definition) is 7. The SMILES string of the molecule is CCOC(=O)c1cnn(-c2nc3ccccc3s2)c1CN[C@H](CC)c1cccs1. The van der Waals surface area contributed by atoms with Gasteiger partial charge in [0.15, 0.2) is 0 Å². The third-order valence-corrected chi connectivity index (χ3v) is 6.64. The quantitative estimate of drug-likeness (QED) is 0.403. The number of thiazole rings is 1. The van der Waals surface area contributed by atoms with Crippen LogP contribution in [0.25, 0.3) is 15.3 Å². The van der Waals surface area contributed by atoms with Gasteiger partial charge in [0, 0.05) is 17.5 Å².